The van der Waals surface area contributed by atoms with Crippen molar-refractivity contribution in [1.29, 1.82) is 10.5 Å². The summed E-state index contributed by atoms with van der Waals surface area (Å²) in [6.07, 6.45) is 9.33. The maximum Gasteiger partial charge on any atom is 0.214 e. The molecule has 2 aromatic heterocycles. The van der Waals surface area contributed by atoms with Crippen LogP contribution in [0.5, 0.6) is 0 Å². The summed E-state index contributed by atoms with van der Waals surface area (Å²) >= 11 is 5.63. The number of halogens is 1. The highest BCUT2D eigenvalue weighted by Gasteiger charge is 2.17. The zero-order valence-electron chi connectivity index (χ0n) is 17.3. The van der Waals surface area contributed by atoms with Gasteiger partial charge in [0.2, 0.25) is 12.4 Å². The Labute approximate surface area is 183 Å². The molecule has 0 spiro atoms. The van der Waals surface area contributed by atoms with E-state index in [1.807, 2.05) is 19.1 Å². The molecule has 0 amide bonds. The largest absolute Gasteiger partial charge is 0.261 e. The summed E-state index contributed by atoms with van der Waals surface area (Å²) in [5.41, 5.74) is 2.50. The van der Waals surface area contributed by atoms with Gasteiger partial charge < -0.3 is 0 Å². The molecule has 2 rings (SSSR count). The predicted molar refractivity (Wildman–Crippen MR) is 119 cm³/mol. The topological polar surface area (TPSA) is 132 Å². The summed E-state index contributed by atoms with van der Waals surface area (Å²) in [5, 5.41) is 16.6. The maximum absolute atomic E-state index is 12.0. The highest BCUT2D eigenvalue weighted by Crippen LogP contribution is 2.23. The fourth-order valence-electron chi connectivity index (χ4n) is 2.17. The lowest BCUT2D eigenvalue weighted by atomic mass is 10.2. The van der Waals surface area contributed by atoms with Crippen LogP contribution in [0.15, 0.2) is 45.4 Å². The van der Waals surface area contributed by atoms with Crippen LogP contribution in [0.2, 0.25) is 5.15 Å². The number of aromatic nitrogens is 2. The molecule has 0 aromatic carbocycles. The van der Waals surface area contributed by atoms with E-state index in [0.29, 0.717) is 5.15 Å². The second kappa shape index (κ2) is 11.0. The molecule has 0 radical (unpaired) electrons. The molecule has 0 saturated heterocycles. The Morgan fingerprint density at radius 1 is 0.900 bits per heavy atom. The minimum Gasteiger partial charge on any atom is -0.261 e. The molecule has 0 saturated carbocycles. The summed E-state index contributed by atoms with van der Waals surface area (Å²) in [6, 6.07) is 7.07. The van der Waals surface area contributed by atoms with Crippen LogP contribution in [0.25, 0.3) is 0 Å². The van der Waals surface area contributed by atoms with Gasteiger partial charge >= 0.3 is 0 Å². The first-order chi connectivity index (χ1) is 13.9. The van der Waals surface area contributed by atoms with Crippen molar-refractivity contribution in [2.75, 3.05) is 12.5 Å². The van der Waals surface area contributed by atoms with Crippen LogP contribution in [0.3, 0.4) is 0 Å². The molecule has 0 bridgehead atoms. The van der Waals surface area contributed by atoms with E-state index in [-0.39, 0.29) is 10.5 Å². The van der Waals surface area contributed by atoms with E-state index >= 15 is 0 Å². The van der Waals surface area contributed by atoms with E-state index in [4.69, 9.17) is 22.1 Å². The number of nitriles is 2. The molecule has 0 fully saturated rings. The van der Waals surface area contributed by atoms with Gasteiger partial charge in [0.25, 0.3) is 0 Å². The highest BCUT2D eigenvalue weighted by molar-refractivity contribution is 7.93. The number of hydrogen-bond acceptors (Lipinski definition) is 8. The van der Waals surface area contributed by atoms with Gasteiger partial charge in [0, 0.05) is 30.6 Å². The van der Waals surface area contributed by atoms with Crippen LogP contribution < -0.4 is 0 Å². The lowest BCUT2D eigenvalue weighted by Gasteiger charge is -2.12. The normalized spacial score (nSPS) is 16.1. The van der Waals surface area contributed by atoms with Gasteiger partial charge in [0.1, 0.15) is 5.15 Å². The first-order valence-electron chi connectivity index (χ1n) is 8.66. The molecule has 30 heavy (non-hydrogen) atoms. The third kappa shape index (κ3) is 7.38. The Kier molecular flexibility index (Phi) is 9.37. The summed E-state index contributed by atoms with van der Waals surface area (Å²) in [7, 11) is -5.05. The van der Waals surface area contributed by atoms with Gasteiger partial charge in [-0.3, -0.25) is 4.98 Å². The molecule has 4 atom stereocenters. The summed E-state index contributed by atoms with van der Waals surface area (Å²) < 4.78 is 30.8. The van der Waals surface area contributed by atoms with Gasteiger partial charge in [-0.05, 0) is 44.0 Å². The van der Waals surface area contributed by atoms with Crippen molar-refractivity contribution in [3.8, 4) is 12.4 Å². The van der Waals surface area contributed by atoms with Crippen LogP contribution in [-0.2, 0) is 19.5 Å². The molecule has 4 unspecified atom stereocenters. The second-order valence-electron chi connectivity index (χ2n) is 6.54. The van der Waals surface area contributed by atoms with E-state index in [2.05, 4.69) is 18.7 Å². The van der Waals surface area contributed by atoms with Gasteiger partial charge in [0.05, 0.1) is 30.0 Å². The number of aryl methyl sites for hydroxylation is 1. The van der Waals surface area contributed by atoms with Crippen LogP contribution in [0.4, 0.5) is 0 Å². The molecule has 0 N–H and O–H groups in total. The Morgan fingerprint density at radius 3 is 1.67 bits per heavy atom. The quantitative estimate of drug-likeness (QED) is 0.484. The van der Waals surface area contributed by atoms with Crippen molar-refractivity contribution >= 4 is 31.1 Å². The average Bonchev–Trinajstić information content (AvgIpc) is 2.68. The zero-order chi connectivity index (χ0) is 22.9. The van der Waals surface area contributed by atoms with E-state index in [1.165, 1.54) is 12.5 Å². The smallest absolute Gasteiger partial charge is 0.214 e. The molecular weight excluding hydrogens is 444 g/mol. The van der Waals surface area contributed by atoms with Crippen LogP contribution in [-0.4, -0.2) is 30.9 Å². The molecule has 0 aliphatic heterocycles. The van der Waals surface area contributed by atoms with E-state index in [9.17, 15) is 8.42 Å². The molecule has 11 heteroatoms. The van der Waals surface area contributed by atoms with Gasteiger partial charge in [-0.1, -0.05) is 23.7 Å². The van der Waals surface area contributed by atoms with Crippen molar-refractivity contribution in [2.24, 2.45) is 8.73 Å². The first kappa shape index (κ1) is 25.5. The third-order valence-corrected chi connectivity index (χ3v) is 8.66. The number of rotatable bonds is 4. The third-order valence-electron chi connectivity index (χ3n) is 4.38. The zero-order valence-corrected chi connectivity index (χ0v) is 19.7. The Hall–Kier alpha value is -2.53. The van der Waals surface area contributed by atoms with Gasteiger partial charge in [-0.15, -0.1) is 8.73 Å². The molecule has 8 nitrogen and oxygen atoms in total. The first-order valence-corrected chi connectivity index (χ1v) is 13.0. The fourth-order valence-corrected chi connectivity index (χ4v) is 4.21. The summed E-state index contributed by atoms with van der Waals surface area (Å²) in [5.74, 6) is 0. The van der Waals surface area contributed by atoms with Crippen molar-refractivity contribution < 1.29 is 8.42 Å². The van der Waals surface area contributed by atoms with Crippen LogP contribution in [0.1, 0.15) is 41.2 Å². The summed E-state index contributed by atoms with van der Waals surface area (Å²) in [4.78, 5) is 8.01. The maximum atomic E-state index is 12.0. The Morgan fingerprint density at radius 2 is 1.33 bits per heavy atom. The predicted octanol–water partition coefficient (Wildman–Crippen LogP) is 4.40. The minimum absolute atomic E-state index is 0.287. The molecule has 160 valence electrons. The lowest BCUT2D eigenvalue weighted by molar-refractivity contribution is 0.672. The van der Waals surface area contributed by atoms with Gasteiger partial charge in [-0.25, -0.2) is 13.4 Å². The minimum atomic E-state index is -2.55. The van der Waals surface area contributed by atoms with Crippen LogP contribution >= 0.6 is 11.6 Å². The Balaban J connectivity index is 0.000000300. The molecule has 0 aliphatic carbocycles. The SMILES string of the molecule is CC(c1ccc(Cl)nc1)S(C)(=O)=NC#N.Cc1ccc(C(C)S(C)(=O)=NC#N)cn1. The lowest BCUT2D eigenvalue weighted by Crippen LogP contribution is -2.07. The second-order valence-corrected chi connectivity index (χ2v) is 12.1. The highest BCUT2D eigenvalue weighted by atomic mass is 35.5. The monoisotopic (exact) mass is 466 g/mol. The van der Waals surface area contributed by atoms with Crippen molar-refractivity contribution in [1.82, 2.24) is 9.97 Å². The standard InChI is InChI=1S/C10H13N3OS.C9H10ClN3OS/c1-8-4-5-10(6-12-8)9(2)15(3,14)13-7-11;1-7(15(2,14)13-6-11)8-3-4-9(10)12-5-8/h4-6,9H,1-3H3;3-5,7H,1-2H3. The molecule has 2 aromatic rings. The van der Waals surface area contributed by atoms with Gasteiger partial charge in [0.15, 0.2) is 0 Å². The van der Waals surface area contributed by atoms with Crippen molar-refractivity contribution in [3.63, 3.8) is 0 Å². The van der Waals surface area contributed by atoms with E-state index < -0.39 is 19.5 Å². The fraction of sp³-hybridized carbons (Fsp3) is 0.368. The van der Waals surface area contributed by atoms with E-state index in [0.717, 1.165) is 16.8 Å². The van der Waals surface area contributed by atoms with Crippen molar-refractivity contribution in [2.45, 2.75) is 31.3 Å². The molecule has 2 heterocycles. The number of pyridine rings is 2. The van der Waals surface area contributed by atoms with Crippen molar-refractivity contribution in [3.05, 3.63) is 58.6 Å². The van der Waals surface area contributed by atoms with Gasteiger partial charge in [-0.2, -0.15) is 10.5 Å². The average molecular weight is 467 g/mol. The number of nitrogens with zero attached hydrogens (tertiary/aromatic N) is 6. The Bertz CT molecular complexity index is 1090. The molecular formula is C19H23ClN6O2S2. The number of hydrogen-bond donors (Lipinski definition) is 0. The van der Waals surface area contributed by atoms with Crippen LogP contribution in [0, 0.1) is 29.8 Å². The van der Waals surface area contributed by atoms with E-state index in [1.54, 1.807) is 50.8 Å². The summed E-state index contributed by atoms with van der Waals surface area (Å²) in [6.45, 7) is 5.42. The molecule has 0 aliphatic rings.